The van der Waals surface area contributed by atoms with Crippen molar-refractivity contribution in [3.05, 3.63) is 106 Å². The minimum atomic E-state index is -0.446. The molecule has 0 aliphatic rings. The maximum atomic E-state index is 13.0. The minimum absolute atomic E-state index is 0.201. The van der Waals surface area contributed by atoms with Crippen LogP contribution in [0.2, 0.25) is 5.02 Å². The van der Waals surface area contributed by atoms with Crippen LogP contribution in [0.15, 0.2) is 78.9 Å². The van der Waals surface area contributed by atoms with Gasteiger partial charge in [0.05, 0.1) is 12.6 Å². The van der Waals surface area contributed by atoms with Crippen molar-refractivity contribution in [1.82, 2.24) is 10.6 Å². The highest BCUT2D eigenvalue weighted by Crippen LogP contribution is 2.23. The van der Waals surface area contributed by atoms with Crippen molar-refractivity contribution < 1.29 is 14.0 Å². The van der Waals surface area contributed by atoms with Gasteiger partial charge in [-0.15, -0.1) is 0 Å². The molecule has 0 fully saturated rings. The standard InChI is InChI=1S/C22H18ClFN2O2/c23-18-10-6-16(7-11-18)21(15-4-2-1-3-5-15)26-20(27)14-25-22(28)17-8-12-19(24)13-9-17/h1-13,21H,14H2,(H,25,28)(H,26,27). The zero-order valence-corrected chi connectivity index (χ0v) is 15.6. The number of hydrogen-bond donors (Lipinski definition) is 2. The predicted octanol–water partition coefficient (Wildman–Crippen LogP) is 4.11. The van der Waals surface area contributed by atoms with E-state index in [2.05, 4.69) is 10.6 Å². The van der Waals surface area contributed by atoms with Gasteiger partial charge >= 0.3 is 0 Å². The quantitative estimate of drug-likeness (QED) is 0.658. The second-order valence-corrected chi connectivity index (χ2v) is 6.59. The monoisotopic (exact) mass is 396 g/mol. The van der Waals surface area contributed by atoms with Gasteiger partial charge in [-0.05, 0) is 47.5 Å². The summed E-state index contributed by atoms with van der Waals surface area (Å²) in [4.78, 5) is 24.5. The molecule has 2 amide bonds. The lowest BCUT2D eigenvalue weighted by Gasteiger charge is -2.20. The van der Waals surface area contributed by atoms with E-state index in [1.807, 2.05) is 42.5 Å². The zero-order chi connectivity index (χ0) is 19.9. The molecule has 28 heavy (non-hydrogen) atoms. The molecule has 0 aromatic heterocycles. The summed E-state index contributed by atoms with van der Waals surface area (Å²) in [5, 5.41) is 6.07. The van der Waals surface area contributed by atoms with Crippen molar-refractivity contribution >= 4 is 23.4 Å². The van der Waals surface area contributed by atoms with E-state index < -0.39 is 11.7 Å². The molecule has 2 N–H and O–H groups in total. The number of nitrogens with one attached hydrogen (secondary N) is 2. The van der Waals surface area contributed by atoms with Gasteiger partial charge in [0.2, 0.25) is 5.91 Å². The van der Waals surface area contributed by atoms with Crippen molar-refractivity contribution in [3.8, 4) is 0 Å². The van der Waals surface area contributed by atoms with Crippen LogP contribution in [-0.2, 0) is 4.79 Å². The van der Waals surface area contributed by atoms with Gasteiger partial charge in [0, 0.05) is 10.6 Å². The Bertz CT molecular complexity index is 945. The zero-order valence-electron chi connectivity index (χ0n) is 14.9. The Kier molecular flexibility index (Phi) is 6.40. The molecule has 0 aliphatic carbocycles. The summed E-state index contributed by atoms with van der Waals surface area (Å²) in [5.41, 5.74) is 2.06. The molecule has 6 heteroatoms. The first-order valence-corrected chi connectivity index (χ1v) is 9.04. The van der Waals surface area contributed by atoms with Crippen molar-refractivity contribution in [2.45, 2.75) is 6.04 Å². The molecule has 3 aromatic rings. The van der Waals surface area contributed by atoms with Crippen molar-refractivity contribution in [3.63, 3.8) is 0 Å². The molecule has 1 unspecified atom stereocenters. The van der Waals surface area contributed by atoms with E-state index in [0.717, 1.165) is 11.1 Å². The highest BCUT2D eigenvalue weighted by molar-refractivity contribution is 6.30. The number of benzene rings is 3. The van der Waals surface area contributed by atoms with Gasteiger partial charge in [0.25, 0.3) is 5.91 Å². The highest BCUT2D eigenvalue weighted by atomic mass is 35.5. The Morgan fingerprint density at radius 3 is 2.11 bits per heavy atom. The summed E-state index contributed by atoms with van der Waals surface area (Å²) in [7, 11) is 0. The lowest BCUT2D eigenvalue weighted by molar-refractivity contribution is -0.120. The number of rotatable bonds is 6. The van der Waals surface area contributed by atoms with Gasteiger partial charge in [-0.2, -0.15) is 0 Å². The summed E-state index contributed by atoms with van der Waals surface area (Å²) in [5.74, 6) is -1.22. The van der Waals surface area contributed by atoms with Crippen LogP contribution in [0.1, 0.15) is 27.5 Å². The summed E-state index contributed by atoms with van der Waals surface area (Å²) in [6, 6.07) is 21.4. The maximum Gasteiger partial charge on any atom is 0.251 e. The van der Waals surface area contributed by atoms with E-state index in [0.29, 0.717) is 5.02 Å². The molecule has 0 aliphatic heterocycles. The Balaban J connectivity index is 1.68. The van der Waals surface area contributed by atoms with Crippen LogP contribution < -0.4 is 10.6 Å². The van der Waals surface area contributed by atoms with E-state index in [-0.39, 0.29) is 24.1 Å². The molecule has 0 saturated carbocycles. The molecular weight excluding hydrogens is 379 g/mol. The van der Waals surface area contributed by atoms with E-state index in [9.17, 15) is 14.0 Å². The largest absolute Gasteiger partial charge is 0.344 e. The van der Waals surface area contributed by atoms with Crippen LogP contribution in [0.3, 0.4) is 0 Å². The Hall–Kier alpha value is -3.18. The van der Waals surface area contributed by atoms with Gasteiger partial charge in [-0.1, -0.05) is 54.1 Å². The number of amides is 2. The molecule has 142 valence electrons. The van der Waals surface area contributed by atoms with E-state index in [1.165, 1.54) is 24.3 Å². The van der Waals surface area contributed by atoms with Gasteiger partial charge in [0.15, 0.2) is 0 Å². The normalized spacial score (nSPS) is 11.5. The molecule has 1 atom stereocenters. The maximum absolute atomic E-state index is 13.0. The molecular formula is C22H18ClFN2O2. The first-order chi connectivity index (χ1) is 13.5. The third-order valence-corrected chi connectivity index (χ3v) is 4.41. The molecule has 0 radical (unpaired) electrons. The third-order valence-electron chi connectivity index (χ3n) is 4.16. The Morgan fingerprint density at radius 2 is 1.46 bits per heavy atom. The van der Waals surface area contributed by atoms with Crippen molar-refractivity contribution in [2.24, 2.45) is 0 Å². The average Bonchev–Trinajstić information content (AvgIpc) is 2.72. The second-order valence-electron chi connectivity index (χ2n) is 6.15. The average molecular weight is 397 g/mol. The highest BCUT2D eigenvalue weighted by Gasteiger charge is 2.17. The van der Waals surface area contributed by atoms with Crippen LogP contribution in [0.4, 0.5) is 4.39 Å². The van der Waals surface area contributed by atoms with Gasteiger partial charge in [-0.3, -0.25) is 9.59 Å². The summed E-state index contributed by atoms with van der Waals surface area (Å²) in [6.45, 7) is -0.201. The van der Waals surface area contributed by atoms with Crippen LogP contribution in [0, 0.1) is 5.82 Å². The number of hydrogen-bond acceptors (Lipinski definition) is 2. The smallest absolute Gasteiger partial charge is 0.251 e. The van der Waals surface area contributed by atoms with E-state index in [1.54, 1.807) is 12.1 Å². The number of carbonyl (C=O) groups is 2. The molecule has 4 nitrogen and oxygen atoms in total. The fourth-order valence-electron chi connectivity index (χ4n) is 2.74. The molecule has 3 rings (SSSR count). The fraction of sp³-hybridized carbons (Fsp3) is 0.0909. The van der Waals surface area contributed by atoms with Crippen LogP contribution in [0.25, 0.3) is 0 Å². The van der Waals surface area contributed by atoms with E-state index in [4.69, 9.17) is 11.6 Å². The molecule has 0 bridgehead atoms. The summed E-state index contributed by atoms with van der Waals surface area (Å²) in [6.07, 6.45) is 0. The lowest BCUT2D eigenvalue weighted by Crippen LogP contribution is -2.39. The number of carbonyl (C=O) groups excluding carboxylic acids is 2. The van der Waals surface area contributed by atoms with Gasteiger partial charge in [0.1, 0.15) is 5.82 Å². The molecule has 0 spiro atoms. The number of halogens is 2. The van der Waals surface area contributed by atoms with Crippen molar-refractivity contribution in [2.75, 3.05) is 6.54 Å². The Labute approximate surface area is 167 Å². The molecule has 0 heterocycles. The third kappa shape index (κ3) is 5.18. The van der Waals surface area contributed by atoms with Crippen LogP contribution >= 0.6 is 11.6 Å². The van der Waals surface area contributed by atoms with Gasteiger partial charge in [-0.25, -0.2) is 4.39 Å². The fourth-order valence-corrected chi connectivity index (χ4v) is 2.86. The molecule has 0 saturated heterocycles. The summed E-state index contributed by atoms with van der Waals surface area (Å²) >= 11 is 5.96. The molecule has 3 aromatic carbocycles. The lowest BCUT2D eigenvalue weighted by atomic mass is 9.98. The van der Waals surface area contributed by atoms with Crippen LogP contribution in [0.5, 0.6) is 0 Å². The van der Waals surface area contributed by atoms with E-state index >= 15 is 0 Å². The SMILES string of the molecule is O=C(CNC(=O)c1ccc(F)cc1)NC(c1ccccc1)c1ccc(Cl)cc1. The first kappa shape index (κ1) is 19.6. The second kappa shape index (κ2) is 9.15. The van der Waals surface area contributed by atoms with Crippen molar-refractivity contribution in [1.29, 1.82) is 0 Å². The Morgan fingerprint density at radius 1 is 0.857 bits per heavy atom. The topological polar surface area (TPSA) is 58.2 Å². The minimum Gasteiger partial charge on any atom is -0.344 e. The van der Waals surface area contributed by atoms with Crippen LogP contribution in [-0.4, -0.2) is 18.4 Å². The first-order valence-electron chi connectivity index (χ1n) is 8.66. The van der Waals surface area contributed by atoms with Gasteiger partial charge < -0.3 is 10.6 Å². The summed E-state index contributed by atoms with van der Waals surface area (Å²) < 4.78 is 13.0. The predicted molar refractivity (Wildman–Crippen MR) is 107 cm³/mol.